The first-order valence-corrected chi connectivity index (χ1v) is 7.41. The number of fused-ring (bicyclic) bond motifs is 1. The summed E-state index contributed by atoms with van der Waals surface area (Å²) < 4.78 is 6.13. The van der Waals surface area contributed by atoms with E-state index in [-0.39, 0.29) is 17.6 Å². The number of phenolic OH excluding ortho intramolecular Hbond substituents is 1. The predicted molar refractivity (Wildman–Crippen MR) is 82.3 cm³/mol. The Kier molecular flexibility index (Phi) is 3.84. The van der Waals surface area contributed by atoms with E-state index in [4.69, 9.17) is 4.74 Å². The molecular formula is C16H14BrNO3. The summed E-state index contributed by atoms with van der Waals surface area (Å²) >= 11 is 3.26. The highest BCUT2D eigenvalue weighted by Gasteiger charge is 2.29. The van der Waals surface area contributed by atoms with Gasteiger partial charge >= 0.3 is 0 Å². The second kappa shape index (κ2) is 5.77. The number of nitrogens with one attached hydrogen (secondary N) is 1. The molecular weight excluding hydrogens is 334 g/mol. The maximum atomic E-state index is 12.3. The molecule has 1 aliphatic rings. The number of para-hydroxylation sites is 1. The lowest BCUT2D eigenvalue weighted by molar-refractivity contribution is -0.122. The molecule has 1 unspecified atom stereocenters. The van der Waals surface area contributed by atoms with Gasteiger partial charge in [-0.25, -0.2) is 0 Å². The molecule has 4 nitrogen and oxygen atoms in total. The molecule has 108 valence electrons. The van der Waals surface area contributed by atoms with Gasteiger partial charge in [0.1, 0.15) is 24.0 Å². The van der Waals surface area contributed by atoms with Crippen LogP contribution in [0.4, 0.5) is 0 Å². The average molecular weight is 348 g/mol. The second-order valence-electron chi connectivity index (χ2n) is 4.90. The summed E-state index contributed by atoms with van der Waals surface area (Å²) in [4.78, 5) is 12.3. The van der Waals surface area contributed by atoms with Crippen LogP contribution in [-0.2, 0) is 11.3 Å². The van der Waals surface area contributed by atoms with E-state index in [0.717, 1.165) is 16.9 Å². The molecule has 1 aliphatic heterocycles. The number of carbonyl (C=O) groups is 1. The van der Waals surface area contributed by atoms with Gasteiger partial charge in [-0.2, -0.15) is 0 Å². The molecule has 0 fully saturated rings. The van der Waals surface area contributed by atoms with Gasteiger partial charge in [0.2, 0.25) is 5.91 Å². The summed E-state index contributed by atoms with van der Waals surface area (Å²) in [5.74, 6) is 0.652. The van der Waals surface area contributed by atoms with Crippen LogP contribution in [0.3, 0.4) is 0 Å². The van der Waals surface area contributed by atoms with Crippen LogP contribution in [0.15, 0.2) is 46.9 Å². The molecule has 1 heterocycles. The molecule has 0 aliphatic carbocycles. The molecule has 1 atom stereocenters. The lowest BCUT2D eigenvalue weighted by Crippen LogP contribution is -2.29. The summed E-state index contributed by atoms with van der Waals surface area (Å²) in [5.41, 5.74) is 1.85. The third-order valence-corrected chi connectivity index (χ3v) is 4.13. The first-order chi connectivity index (χ1) is 10.1. The number of phenols is 1. The average Bonchev–Trinajstić information content (AvgIpc) is 2.92. The number of hydrogen-bond acceptors (Lipinski definition) is 3. The fourth-order valence-electron chi connectivity index (χ4n) is 2.35. The highest BCUT2D eigenvalue weighted by Crippen LogP contribution is 2.33. The van der Waals surface area contributed by atoms with Gasteiger partial charge in [-0.3, -0.25) is 4.79 Å². The molecule has 21 heavy (non-hydrogen) atoms. The predicted octanol–water partition coefficient (Wildman–Crippen LogP) is 2.95. The zero-order chi connectivity index (χ0) is 14.8. The van der Waals surface area contributed by atoms with Crippen LogP contribution < -0.4 is 10.1 Å². The molecule has 5 heteroatoms. The fourth-order valence-corrected chi connectivity index (χ4v) is 2.78. The Balaban J connectivity index is 1.66. The lowest BCUT2D eigenvalue weighted by Gasteiger charge is -2.10. The van der Waals surface area contributed by atoms with Crippen LogP contribution in [0, 0.1) is 0 Å². The summed E-state index contributed by atoms with van der Waals surface area (Å²) in [5, 5.41) is 12.4. The zero-order valence-corrected chi connectivity index (χ0v) is 12.8. The number of amides is 1. The molecule has 0 saturated heterocycles. The number of aromatic hydroxyl groups is 1. The minimum atomic E-state index is -0.262. The molecule has 3 rings (SSSR count). The highest BCUT2D eigenvalue weighted by atomic mass is 79.9. The SMILES string of the molecule is O=C(NCc1ccc(O)c(Br)c1)C1COc2ccccc21. The molecule has 2 N–H and O–H groups in total. The Morgan fingerprint density at radius 3 is 2.95 bits per heavy atom. The maximum absolute atomic E-state index is 12.3. The fraction of sp³-hybridized carbons (Fsp3) is 0.188. The van der Waals surface area contributed by atoms with Gasteiger partial charge < -0.3 is 15.2 Å². The van der Waals surface area contributed by atoms with E-state index in [1.807, 2.05) is 24.3 Å². The van der Waals surface area contributed by atoms with Crippen LogP contribution in [0.1, 0.15) is 17.0 Å². The van der Waals surface area contributed by atoms with Crippen molar-refractivity contribution in [2.45, 2.75) is 12.5 Å². The monoisotopic (exact) mass is 347 g/mol. The van der Waals surface area contributed by atoms with Crippen molar-refractivity contribution in [3.8, 4) is 11.5 Å². The molecule has 2 aromatic carbocycles. The third kappa shape index (κ3) is 2.88. The minimum absolute atomic E-state index is 0.0517. The van der Waals surface area contributed by atoms with Gasteiger partial charge in [-0.1, -0.05) is 24.3 Å². The Bertz CT molecular complexity index is 687. The zero-order valence-electron chi connectivity index (χ0n) is 11.2. The molecule has 2 aromatic rings. The van der Waals surface area contributed by atoms with Crippen LogP contribution in [0.25, 0.3) is 0 Å². The van der Waals surface area contributed by atoms with Gasteiger partial charge in [0.25, 0.3) is 0 Å². The lowest BCUT2D eigenvalue weighted by atomic mass is 10.0. The number of carbonyl (C=O) groups excluding carboxylic acids is 1. The van der Waals surface area contributed by atoms with Crippen molar-refractivity contribution in [3.63, 3.8) is 0 Å². The number of benzene rings is 2. The quantitative estimate of drug-likeness (QED) is 0.897. The van der Waals surface area contributed by atoms with Crippen LogP contribution in [0.5, 0.6) is 11.5 Å². The van der Waals surface area contributed by atoms with Crippen LogP contribution >= 0.6 is 15.9 Å². The van der Waals surface area contributed by atoms with E-state index in [9.17, 15) is 9.90 Å². The van der Waals surface area contributed by atoms with Crippen molar-refractivity contribution in [2.75, 3.05) is 6.61 Å². The van der Waals surface area contributed by atoms with Crippen LogP contribution in [-0.4, -0.2) is 17.6 Å². The Labute approximate surface area is 130 Å². The van der Waals surface area contributed by atoms with E-state index >= 15 is 0 Å². The third-order valence-electron chi connectivity index (χ3n) is 3.50. The smallest absolute Gasteiger partial charge is 0.231 e. The van der Waals surface area contributed by atoms with Crippen molar-refractivity contribution in [1.29, 1.82) is 0 Å². The standard InChI is InChI=1S/C16H14BrNO3/c17-13-7-10(5-6-14(13)19)8-18-16(20)12-9-21-15-4-2-1-3-11(12)15/h1-7,12,19H,8-9H2,(H,18,20). The van der Waals surface area contributed by atoms with Crippen molar-refractivity contribution in [3.05, 3.63) is 58.1 Å². The van der Waals surface area contributed by atoms with Gasteiger partial charge in [0.15, 0.2) is 0 Å². The van der Waals surface area contributed by atoms with E-state index in [0.29, 0.717) is 17.6 Å². The Morgan fingerprint density at radius 2 is 2.14 bits per heavy atom. The largest absolute Gasteiger partial charge is 0.507 e. The van der Waals surface area contributed by atoms with E-state index in [1.54, 1.807) is 18.2 Å². The van der Waals surface area contributed by atoms with Crippen molar-refractivity contribution in [1.82, 2.24) is 5.32 Å². The van der Waals surface area contributed by atoms with Crippen molar-refractivity contribution < 1.29 is 14.6 Å². The highest BCUT2D eigenvalue weighted by molar-refractivity contribution is 9.10. The van der Waals surface area contributed by atoms with Gasteiger partial charge in [-0.15, -0.1) is 0 Å². The van der Waals surface area contributed by atoms with E-state index in [2.05, 4.69) is 21.2 Å². The van der Waals surface area contributed by atoms with Gasteiger partial charge in [-0.05, 0) is 39.7 Å². The normalized spacial score (nSPS) is 16.1. The molecule has 1 amide bonds. The summed E-state index contributed by atoms with van der Waals surface area (Å²) in [7, 11) is 0. The second-order valence-corrected chi connectivity index (χ2v) is 5.76. The number of halogens is 1. The van der Waals surface area contributed by atoms with Crippen LogP contribution in [0.2, 0.25) is 0 Å². The molecule has 0 bridgehead atoms. The molecule has 0 saturated carbocycles. The summed E-state index contributed by atoms with van der Waals surface area (Å²) in [6, 6.07) is 12.8. The molecule has 0 radical (unpaired) electrons. The van der Waals surface area contributed by atoms with Crippen molar-refractivity contribution >= 4 is 21.8 Å². The summed E-state index contributed by atoms with van der Waals surface area (Å²) in [6.45, 7) is 0.792. The summed E-state index contributed by atoms with van der Waals surface area (Å²) in [6.07, 6.45) is 0. The van der Waals surface area contributed by atoms with E-state index < -0.39 is 0 Å². The van der Waals surface area contributed by atoms with Crippen molar-refractivity contribution in [2.24, 2.45) is 0 Å². The first-order valence-electron chi connectivity index (χ1n) is 6.62. The Hall–Kier alpha value is -2.01. The number of hydrogen-bond donors (Lipinski definition) is 2. The minimum Gasteiger partial charge on any atom is -0.507 e. The molecule has 0 aromatic heterocycles. The first kappa shape index (κ1) is 13.9. The topological polar surface area (TPSA) is 58.6 Å². The van der Waals surface area contributed by atoms with Gasteiger partial charge in [0, 0.05) is 12.1 Å². The molecule has 0 spiro atoms. The maximum Gasteiger partial charge on any atom is 0.231 e. The number of rotatable bonds is 3. The van der Waals surface area contributed by atoms with E-state index in [1.165, 1.54) is 0 Å². The Morgan fingerprint density at radius 1 is 1.33 bits per heavy atom. The van der Waals surface area contributed by atoms with Gasteiger partial charge in [0.05, 0.1) is 4.47 Å². The number of ether oxygens (including phenoxy) is 1.